The normalized spacial score (nSPS) is 10.2. The molecule has 0 N–H and O–H groups in total. The van der Waals surface area contributed by atoms with Crippen LogP contribution < -0.4 is 13.9 Å². The Labute approximate surface area is 170 Å². The van der Waals surface area contributed by atoms with Crippen molar-refractivity contribution < 1.29 is 18.4 Å². The predicted octanol–water partition coefficient (Wildman–Crippen LogP) is 4.96. The molecule has 2 aromatic heterocycles. The van der Waals surface area contributed by atoms with Crippen molar-refractivity contribution in [2.24, 2.45) is 0 Å². The number of nitrogens with zero attached hydrogens (tertiary/aromatic N) is 2. The molecule has 5 heteroatoms. The second kappa shape index (κ2) is 9.16. The topological polar surface area (TPSA) is 34.1 Å². The molecule has 2 heterocycles. The Morgan fingerprint density at radius 3 is 1.93 bits per heavy atom. The molecule has 0 aliphatic carbocycles. The van der Waals surface area contributed by atoms with E-state index < -0.39 is 0 Å². The quantitative estimate of drug-likeness (QED) is 0.352. The van der Waals surface area contributed by atoms with Crippen molar-refractivity contribution in [2.75, 3.05) is 0 Å². The van der Waals surface area contributed by atoms with Gasteiger partial charge in [-0.2, -0.15) is 0 Å². The maximum atomic E-state index is 10.5. The van der Waals surface area contributed by atoms with Gasteiger partial charge in [0.25, 0.3) is 0 Å². The van der Waals surface area contributed by atoms with Crippen molar-refractivity contribution in [3.63, 3.8) is 0 Å². The first-order chi connectivity index (χ1) is 14.3. The number of hydrogen-bond donors (Lipinski definition) is 0. The third-order valence-electron chi connectivity index (χ3n) is 4.49. The van der Waals surface area contributed by atoms with E-state index in [0.717, 1.165) is 28.3 Å². The monoisotopic (exact) mass is 398 g/mol. The Morgan fingerprint density at radius 1 is 0.724 bits per heavy atom. The fourth-order valence-corrected chi connectivity index (χ4v) is 3.19. The van der Waals surface area contributed by atoms with Crippen LogP contribution in [0.5, 0.6) is 11.5 Å². The first-order valence-electron chi connectivity index (χ1n) is 9.21. The van der Waals surface area contributed by atoms with E-state index >= 15 is 0 Å². The summed E-state index contributed by atoms with van der Waals surface area (Å²) in [5.41, 5.74) is 6.05. The summed E-state index contributed by atoms with van der Waals surface area (Å²) < 4.78 is 20.3. The van der Waals surface area contributed by atoms with E-state index in [1.165, 1.54) is 0 Å². The minimum absolute atomic E-state index is 0.0679. The van der Waals surface area contributed by atoms with Crippen molar-refractivity contribution in [1.29, 1.82) is 0 Å². The summed E-state index contributed by atoms with van der Waals surface area (Å²) in [5.74, 6) is 1.63. The molecule has 0 radical (unpaired) electrons. The standard InChI is InChI=1S/C24H19N2O2P/c27-29-19-18-25-14-10-20(11-15-25)21-12-16-26(17-13-21)22-6-8-24(9-7-22)28-23-4-2-1-3-5-23/h1-17H,18H2/q+2. The Hall–Kier alpha value is -3.45. The zero-order chi connectivity index (χ0) is 19.9. The van der Waals surface area contributed by atoms with Crippen LogP contribution in [0, 0.1) is 5.63 Å². The number of pyridine rings is 2. The number of hydrogen-bond acceptors (Lipinski definition) is 2. The molecular weight excluding hydrogens is 379 g/mol. The van der Waals surface area contributed by atoms with Gasteiger partial charge in [0, 0.05) is 0 Å². The molecule has 29 heavy (non-hydrogen) atoms. The maximum absolute atomic E-state index is 10.5. The van der Waals surface area contributed by atoms with Gasteiger partial charge in [0.15, 0.2) is 0 Å². The number of ether oxygens (including phenoxy) is 1. The Bertz CT molecular complexity index is 1190. The van der Waals surface area contributed by atoms with Gasteiger partial charge in [0.2, 0.25) is 0 Å². The molecule has 0 spiro atoms. The predicted molar refractivity (Wildman–Crippen MR) is 112 cm³/mol. The zero-order valence-electron chi connectivity index (χ0n) is 15.7. The van der Waals surface area contributed by atoms with Crippen LogP contribution in [0.3, 0.4) is 0 Å². The third-order valence-corrected chi connectivity index (χ3v) is 4.76. The fourth-order valence-electron chi connectivity index (χ4n) is 2.97. The number of benzene rings is 2. The molecule has 4 nitrogen and oxygen atoms in total. The summed E-state index contributed by atoms with van der Waals surface area (Å²) in [5, 5.41) is 0. The van der Waals surface area contributed by atoms with E-state index in [2.05, 4.69) is 22.3 Å². The summed E-state index contributed by atoms with van der Waals surface area (Å²) >= 11 is 0. The molecule has 0 unspecified atom stereocenters. The van der Waals surface area contributed by atoms with Crippen LogP contribution in [0.25, 0.3) is 16.8 Å². The van der Waals surface area contributed by atoms with Crippen LogP contribution in [0.1, 0.15) is 0 Å². The molecule has 4 rings (SSSR count). The van der Waals surface area contributed by atoms with Crippen LogP contribution in [0.4, 0.5) is 0 Å². The molecule has 0 amide bonds. The van der Waals surface area contributed by atoms with Crippen molar-refractivity contribution in [1.82, 2.24) is 0 Å². The Morgan fingerprint density at radius 2 is 1.31 bits per heavy atom. The van der Waals surface area contributed by atoms with Crippen LogP contribution in [-0.4, -0.2) is 0 Å². The van der Waals surface area contributed by atoms with Crippen LogP contribution >= 0.6 is 7.92 Å². The van der Waals surface area contributed by atoms with Gasteiger partial charge in [-0.25, -0.2) is 0 Å². The van der Waals surface area contributed by atoms with E-state index in [-0.39, 0.29) is 7.92 Å². The molecule has 0 saturated heterocycles. The second-order valence-corrected chi connectivity index (χ2v) is 6.91. The van der Waals surface area contributed by atoms with E-state index in [0.29, 0.717) is 6.54 Å². The zero-order valence-corrected chi connectivity index (χ0v) is 16.6. The third kappa shape index (κ3) is 4.89. The molecule has 0 aliphatic heterocycles. The van der Waals surface area contributed by atoms with E-state index in [1.807, 2.05) is 96.1 Å². The van der Waals surface area contributed by atoms with Gasteiger partial charge in [-0.3, -0.25) is 0 Å². The summed E-state index contributed by atoms with van der Waals surface area (Å²) in [6.45, 7) is 0.504. The fraction of sp³-hybridized carbons (Fsp3) is 0.0417. The van der Waals surface area contributed by atoms with Gasteiger partial charge in [-0.05, 0) is 24.3 Å². The molecular formula is C24H19N2O2P+2. The molecule has 0 atom stereocenters. The molecule has 0 aliphatic rings. The molecule has 0 fully saturated rings. The summed E-state index contributed by atoms with van der Waals surface area (Å²) in [4.78, 5) is 0. The van der Waals surface area contributed by atoms with Gasteiger partial charge in [-0.1, -0.05) is 18.2 Å². The average Bonchev–Trinajstić information content (AvgIpc) is 2.79. The van der Waals surface area contributed by atoms with E-state index in [1.54, 1.807) is 0 Å². The van der Waals surface area contributed by atoms with Crippen LogP contribution in [-0.2, 0) is 11.1 Å². The minimum atomic E-state index is -0.0679. The summed E-state index contributed by atoms with van der Waals surface area (Å²) in [6, 6.07) is 26.0. The van der Waals surface area contributed by atoms with Crippen LogP contribution in [0.2, 0.25) is 0 Å². The first kappa shape index (κ1) is 18.9. The molecule has 0 saturated carbocycles. The Balaban J connectivity index is 1.47. The molecule has 4 aromatic rings. The van der Waals surface area contributed by atoms with Crippen molar-refractivity contribution >= 4 is 7.92 Å². The van der Waals surface area contributed by atoms with Gasteiger partial charge in [-0.15, -0.1) is 0 Å². The van der Waals surface area contributed by atoms with Crippen molar-refractivity contribution in [3.05, 3.63) is 104 Å². The van der Waals surface area contributed by atoms with E-state index in [4.69, 9.17) is 4.74 Å². The summed E-state index contributed by atoms with van der Waals surface area (Å²) in [7, 11) is -0.0679. The molecule has 0 bridgehead atoms. The molecule has 140 valence electrons. The summed E-state index contributed by atoms with van der Waals surface area (Å²) in [6.07, 6.45) is 8.00. The van der Waals surface area contributed by atoms with Gasteiger partial charge in [0.05, 0.1) is 0 Å². The molecule has 2 aromatic carbocycles. The van der Waals surface area contributed by atoms with Crippen molar-refractivity contribution in [3.8, 4) is 33.9 Å². The van der Waals surface area contributed by atoms with Gasteiger partial charge < -0.3 is 4.74 Å². The van der Waals surface area contributed by atoms with Crippen LogP contribution in [0.15, 0.2) is 104 Å². The average molecular weight is 398 g/mol. The van der Waals surface area contributed by atoms with Gasteiger partial charge >= 0.3 is 112 Å². The Kier molecular flexibility index (Phi) is 5.97. The van der Waals surface area contributed by atoms with Crippen molar-refractivity contribution in [2.45, 2.75) is 6.54 Å². The first-order valence-corrected chi connectivity index (χ1v) is 10.0. The SMILES string of the molecule is O=P#CC[n+]1ccc(-c2cc[n+](-c3ccc(Oc4ccccc4)cc3)cc2)cc1. The number of aromatic nitrogens is 2. The number of para-hydroxylation sites is 1. The van der Waals surface area contributed by atoms with Gasteiger partial charge in [0.1, 0.15) is 11.5 Å². The van der Waals surface area contributed by atoms with E-state index in [9.17, 15) is 4.57 Å². The second-order valence-electron chi connectivity index (χ2n) is 6.41. The number of rotatable bonds is 5.